The van der Waals surface area contributed by atoms with Gasteiger partial charge >= 0.3 is 6.09 Å². The SMILES string of the molecule is CN(Cc1cc(S(=O)(=O)c2cccnc2)n(-c2cccc(F)c2Cl)n1)C(=O)O. The number of halogens is 2. The van der Waals surface area contributed by atoms with Crippen LogP contribution in [0.15, 0.2) is 58.7 Å². The van der Waals surface area contributed by atoms with E-state index < -0.39 is 21.7 Å². The van der Waals surface area contributed by atoms with Crippen LogP contribution in [0, 0.1) is 5.82 Å². The molecule has 1 N–H and O–H groups in total. The number of carboxylic acid groups (broad SMARTS) is 1. The van der Waals surface area contributed by atoms with Crippen LogP contribution in [0.2, 0.25) is 5.02 Å². The van der Waals surface area contributed by atoms with Crippen LogP contribution in [0.3, 0.4) is 0 Å². The predicted molar refractivity (Wildman–Crippen MR) is 97.7 cm³/mol. The van der Waals surface area contributed by atoms with Crippen molar-refractivity contribution in [2.45, 2.75) is 16.5 Å². The fourth-order valence-corrected chi connectivity index (χ4v) is 4.01. The average molecular weight is 425 g/mol. The predicted octanol–water partition coefficient (Wildman–Crippen LogP) is 3.00. The molecule has 0 bridgehead atoms. The van der Waals surface area contributed by atoms with Crippen molar-refractivity contribution in [2.24, 2.45) is 0 Å². The summed E-state index contributed by atoms with van der Waals surface area (Å²) < 4.78 is 41.1. The highest BCUT2D eigenvalue weighted by Gasteiger charge is 2.27. The molecule has 8 nitrogen and oxygen atoms in total. The highest BCUT2D eigenvalue weighted by molar-refractivity contribution is 7.91. The summed E-state index contributed by atoms with van der Waals surface area (Å²) in [6, 6.07) is 7.94. The Morgan fingerprint density at radius 2 is 2.07 bits per heavy atom. The van der Waals surface area contributed by atoms with E-state index in [1.165, 1.54) is 49.8 Å². The van der Waals surface area contributed by atoms with Crippen molar-refractivity contribution in [3.05, 3.63) is 65.3 Å². The monoisotopic (exact) mass is 424 g/mol. The molecule has 0 saturated carbocycles. The topological polar surface area (TPSA) is 105 Å². The van der Waals surface area contributed by atoms with Crippen LogP contribution in [0.25, 0.3) is 5.69 Å². The number of carbonyl (C=O) groups is 1. The highest BCUT2D eigenvalue weighted by atomic mass is 35.5. The van der Waals surface area contributed by atoms with Crippen molar-refractivity contribution in [3.8, 4) is 5.69 Å². The molecule has 0 radical (unpaired) electrons. The number of aromatic nitrogens is 3. The van der Waals surface area contributed by atoms with Crippen molar-refractivity contribution >= 4 is 27.5 Å². The maximum Gasteiger partial charge on any atom is 0.407 e. The van der Waals surface area contributed by atoms with Gasteiger partial charge in [-0.05, 0) is 24.3 Å². The van der Waals surface area contributed by atoms with Gasteiger partial charge in [-0.25, -0.2) is 22.3 Å². The van der Waals surface area contributed by atoms with Crippen LogP contribution >= 0.6 is 11.6 Å². The Bertz CT molecular complexity index is 1140. The molecule has 2 heterocycles. The third-order valence-electron chi connectivity index (χ3n) is 3.83. The summed E-state index contributed by atoms with van der Waals surface area (Å²) in [4.78, 5) is 15.7. The fraction of sp³-hybridized carbons (Fsp3) is 0.118. The summed E-state index contributed by atoms with van der Waals surface area (Å²) in [6.45, 7) is -0.176. The summed E-state index contributed by atoms with van der Waals surface area (Å²) in [6.07, 6.45) is 1.38. The van der Waals surface area contributed by atoms with E-state index in [0.29, 0.717) is 0 Å². The first-order chi connectivity index (χ1) is 13.2. The van der Waals surface area contributed by atoms with Gasteiger partial charge in [0.05, 0.1) is 22.8 Å². The summed E-state index contributed by atoms with van der Waals surface area (Å²) in [5.41, 5.74) is 0.154. The zero-order chi connectivity index (χ0) is 20.5. The molecule has 146 valence electrons. The van der Waals surface area contributed by atoms with E-state index in [-0.39, 0.29) is 32.9 Å². The maximum absolute atomic E-state index is 13.9. The number of sulfone groups is 1. The van der Waals surface area contributed by atoms with E-state index in [4.69, 9.17) is 16.7 Å². The normalized spacial score (nSPS) is 11.4. The van der Waals surface area contributed by atoms with Crippen molar-refractivity contribution < 1.29 is 22.7 Å². The Labute approximate surface area is 164 Å². The van der Waals surface area contributed by atoms with Crippen molar-refractivity contribution in [1.82, 2.24) is 19.7 Å². The average Bonchev–Trinajstić information content (AvgIpc) is 3.09. The summed E-state index contributed by atoms with van der Waals surface area (Å²) in [7, 11) is -2.78. The second-order valence-electron chi connectivity index (χ2n) is 5.79. The lowest BCUT2D eigenvalue weighted by molar-refractivity contribution is 0.153. The number of hydrogen-bond donors (Lipinski definition) is 1. The van der Waals surface area contributed by atoms with Crippen LogP contribution in [-0.2, 0) is 16.4 Å². The number of nitrogens with zero attached hydrogens (tertiary/aromatic N) is 4. The van der Waals surface area contributed by atoms with Gasteiger partial charge in [-0.1, -0.05) is 17.7 Å². The van der Waals surface area contributed by atoms with E-state index >= 15 is 0 Å². The van der Waals surface area contributed by atoms with Crippen molar-refractivity contribution in [2.75, 3.05) is 7.05 Å². The van der Waals surface area contributed by atoms with E-state index in [1.807, 2.05) is 0 Å². The molecular weight excluding hydrogens is 411 g/mol. The zero-order valence-electron chi connectivity index (χ0n) is 14.5. The molecule has 3 rings (SSSR count). The molecule has 0 aliphatic rings. The van der Waals surface area contributed by atoms with Crippen LogP contribution in [0.1, 0.15) is 5.69 Å². The fourth-order valence-electron chi connectivity index (χ4n) is 2.44. The van der Waals surface area contributed by atoms with E-state index in [1.54, 1.807) is 0 Å². The minimum atomic E-state index is -4.09. The Balaban J connectivity index is 2.21. The van der Waals surface area contributed by atoms with Crippen LogP contribution < -0.4 is 0 Å². The van der Waals surface area contributed by atoms with E-state index in [9.17, 15) is 17.6 Å². The Hall–Kier alpha value is -2.98. The zero-order valence-corrected chi connectivity index (χ0v) is 16.0. The van der Waals surface area contributed by atoms with Crippen LogP contribution in [0.5, 0.6) is 0 Å². The molecule has 0 saturated heterocycles. The van der Waals surface area contributed by atoms with Crippen molar-refractivity contribution in [1.29, 1.82) is 0 Å². The Morgan fingerprint density at radius 1 is 1.32 bits per heavy atom. The minimum absolute atomic E-state index is 0.00774. The number of hydrogen-bond acceptors (Lipinski definition) is 5. The molecule has 1 aromatic carbocycles. The summed E-state index contributed by atoms with van der Waals surface area (Å²) >= 11 is 6.01. The van der Waals surface area contributed by atoms with Crippen LogP contribution in [-0.4, -0.2) is 46.3 Å². The Morgan fingerprint density at radius 3 is 2.71 bits per heavy atom. The molecule has 0 atom stereocenters. The van der Waals surface area contributed by atoms with Gasteiger partial charge in [-0.3, -0.25) is 4.98 Å². The lowest BCUT2D eigenvalue weighted by Crippen LogP contribution is -2.24. The van der Waals surface area contributed by atoms with Gasteiger partial charge in [0.15, 0.2) is 5.03 Å². The summed E-state index contributed by atoms with van der Waals surface area (Å²) in [5, 5.41) is 12.6. The van der Waals surface area contributed by atoms with Crippen molar-refractivity contribution in [3.63, 3.8) is 0 Å². The van der Waals surface area contributed by atoms with E-state index in [0.717, 1.165) is 15.6 Å². The second kappa shape index (κ2) is 7.56. The number of amides is 1. The molecule has 11 heteroatoms. The standard InChI is InChI=1S/C17H14ClFN4O4S/c1-22(17(24)25)10-11-8-15(28(26,27)12-4-3-7-20-9-12)23(21-11)14-6-2-5-13(19)16(14)18/h2-9H,10H2,1H3,(H,24,25). The van der Waals surface area contributed by atoms with E-state index in [2.05, 4.69) is 10.1 Å². The molecule has 0 spiro atoms. The molecular formula is C17H14ClFN4O4S. The quantitative estimate of drug-likeness (QED) is 0.675. The lowest BCUT2D eigenvalue weighted by atomic mass is 10.3. The minimum Gasteiger partial charge on any atom is -0.465 e. The van der Waals surface area contributed by atoms with Gasteiger partial charge < -0.3 is 10.0 Å². The van der Waals surface area contributed by atoms with Gasteiger partial charge in [0.1, 0.15) is 10.8 Å². The third kappa shape index (κ3) is 3.69. The number of rotatable bonds is 5. The lowest BCUT2D eigenvalue weighted by Gasteiger charge is -2.11. The van der Waals surface area contributed by atoms with Crippen LogP contribution in [0.4, 0.5) is 9.18 Å². The first-order valence-electron chi connectivity index (χ1n) is 7.84. The largest absolute Gasteiger partial charge is 0.465 e. The molecule has 0 unspecified atom stereocenters. The number of pyridine rings is 1. The maximum atomic E-state index is 13.9. The van der Waals surface area contributed by atoms with Gasteiger partial charge in [-0.2, -0.15) is 5.10 Å². The number of benzene rings is 1. The van der Waals surface area contributed by atoms with Gasteiger partial charge in [-0.15, -0.1) is 0 Å². The summed E-state index contributed by atoms with van der Waals surface area (Å²) in [5.74, 6) is -0.747. The molecule has 2 aromatic heterocycles. The molecule has 0 aliphatic heterocycles. The second-order valence-corrected chi connectivity index (χ2v) is 8.06. The molecule has 28 heavy (non-hydrogen) atoms. The van der Waals surface area contributed by atoms with Gasteiger partial charge in [0, 0.05) is 25.5 Å². The first-order valence-corrected chi connectivity index (χ1v) is 9.70. The third-order valence-corrected chi connectivity index (χ3v) is 5.91. The molecule has 1 amide bonds. The smallest absolute Gasteiger partial charge is 0.407 e. The molecule has 3 aromatic rings. The van der Waals surface area contributed by atoms with Gasteiger partial charge in [0.25, 0.3) is 0 Å². The molecule has 0 aliphatic carbocycles. The highest BCUT2D eigenvalue weighted by Crippen LogP contribution is 2.29. The molecule has 0 fully saturated rings. The van der Waals surface area contributed by atoms with Gasteiger partial charge in [0.2, 0.25) is 9.84 Å². The Kier molecular flexibility index (Phi) is 5.34. The first kappa shape index (κ1) is 19.8.